The number of allylic oxidation sites excluding steroid dienone is 1. The summed E-state index contributed by atoms with van der Waals surface area (Å²) in [5.74, 6) is 0. The molecule has 0 amide bonds. The highest BCUT2D eigenvalue weighted by atomic mass is 32.1. The molecule has 0 unspecified atom stereocenters. The first-order chi connectivity index (χ1) is 8.42. The van der Waals surface area contributed by atoms with E-state index in [0.717, 1.165) is 17.8 Å². The zero-order valence-corrected chi connectivity index (χ0v) is 10.1. The van der Waals surface area contributed by atoms with Gasteiger partial charge in [0.25, 0.3) is 0 Å². The summed E-state index contributed by atoms with van der Waals surface area (Å²) >= 11 is 1.70. The predicted octanol–water partition coefficient (Wildman–Crippen LogP) is 3.68. The average Bonchev–Trinajstić information content (AvgIpc) is 2.74. The molecule has 2 heterocycles. The van der Waals surface area contributed by atoms with Crippen LogP contribution in [0, 0.1) is 0 Å². The second-order valence-electron chi connectivity index (χ2n) is 3.90. The van der Waals surface area contributed by atoms with Crippen molar-refractivity contribution in [3.8, 4) is 0 Å². The van der Waals surface area contributed by atoms with Gasteiger partial charge in [0.05, 0.1) is 16.3 Å². The maximum Gasteiger partial charge on any atom is 0.0688 e. The fraction of sp³-hybridized carbons (Fsp3) is 0.0714. The summed E-state index contributed by atoms with van der Waals surface area (Å²) in [6.07, 6.45) is 4.79. The number of benzene rings is 1. The highest BCUT2D eigenvalue weighted by molar-refractivity contribution is 7.12. The van der Waals surface area contributed by atoms with Gasteiger partial charge in [0, 0.05) is 18.8 Å². The Morgan fingerprint density at radius 1 is 1.12 bits per heavy atom. The number of fused-ring (bicyclic) bond motifs is 1. The van der Waals surface area contributed by atoms with Gasteiger partial charge in [-0.3, -0.25) is 4.99 Å². The Labute approximate surface area is 104 Å². The normalized spacial score (nSPS) is 13.5. The lowest BCUT2D eigenvalue weighted by Gasteiger charge is -2.01. The molecule has 17 heavy (non-hydrogen) atoms. The maximum atomic E-state index is 4.52. The van der Waals surface area contributed by atoms with Crippen LogP contribution in [0.2, 0.25) is 0 Å². The molecular formula is C14H12N2S. The first kappa shape index (κ1) is 10.3. The summed E-state index contributed by atoms with van der Waals surface area (Å²) in [7, 11) is 0. The summed E-state index contributed by atoms with van der Waals surface area (Å²) < 4.78 is 0. The summed E-state index contributed by atoms with van der Waals surface area (Å²) in [6.45, 7) is 0. The summed E-state index contributed by atoms with van der Waals surface area (Å²) in [4.78, 5) is 5.70. The highest BCUT2D eigenvalue weighted by Gasteiger charge is 2.05. The number of hydrogen-bond donors (Lipinski definition) is 1. The van der Waals surface area contributed by atoms with Crippen LogP contribution in [-0.2, 0) is 6.42 Å². The Bertz CT molecular complexity index is 567. The second-order valence-corrected chi connectivity index (χ2v) is 4.85. The van der Waals surface area contributed by atoms with Crippen LogP contribution in [0.25, 0.3) is 0 Å². The van der Waals surface area contributed by atoms with E-state index in [4.69, 9.17) is 0 Å². The summed E-state index contributed by atoms with van der Waals surface area (Å²) in [5.41, 5.74) is 3.48. The lowest BCUT2D eigenvalue weighted by Crippen LogP contribution is -1.91. The SMILES string of the molecule is C1=NC(Cc2ccccc2)=CNc2ccsc21. The molecule has 84 valence electrons. The van der Waals surface area contributed by atoms with E-state index in [1.807, 2.05) is 18.5 Å². The van der Waals surface area contributed by atoms with Crippen LogP contribution in [0.1, 0.15) is 10.4 Å². The van der Waals surface area contributed by atoms with E-state index in [1.54, 1.807) is 11.3 Å². The molecule has 1 N–H and O–H groups in total. The topological polar surface area (TPSA) is 24.4 Å². The van der Waals surface area contributed by atoms with Gasteiger partial charge in [0.1, 0.15) is 0 Å². The third-order valence-corrected chi connectivity index (χ3v) is 3.52. The quantitative estimate of drug-likeness (QED) is 0.850. The minimum Gasteiger partial charge on any atom is -0.359 e. The molecule has 3 rings (SSSR count). The average molecular weight is 240 g/mol. The van der Waals surface area contributed by atoms with Crippen LogP contribution in [0.5, 0.6) is 0 Å². The van der Waals surface area contributed by atoms with E-state index in [1.165, 1.54) is 10.4 Å². The number of thiophene rings is 1. The monoisotopic (exact) mass is 240 g/mol. The van der Waals surface area contributed by atoms with Crippen molar-refractivity contribution in [2.45, 2.75) is 6.42 Å². The molecule has 0 spiro atoms. The fourth-order valence-electron chi connectivity index (χ4n) is 1.78. The molecule has 0 saturated carbocycles. The Hall–Kier alpha value is -1.87. The number of rotatable bonds is 2. The number of aliphatic imine (C=N–C) groups is 1. The van der Waals surface area contributed by atoms with Crippen molar-refractivity contribution in [1.29, 1.82) is 0 Å². The minimum absolute atomic E-state index is 0.860. The molecule has 0 aliphatic carbocycles. The number of hydrogen-bond acceptors (Lipinski definition) is 3. The second kappa shape index (κ2) is 4.55. The van der Waals surface area contributed by atoms with Crippen LogP contribution in [0.4, 0.5) is 5.69 Å². The molecule has 0 radical (unpaired) electrons. The molecule has 2 aromatic rings. The smallest absolute Gasteiger partial charge is 0.0688 e. The van der Waals surface area contributed by atoms with Crippen molar-refractivity contribution >= 4 is 23.2 Å². The Morgan fingerprint density at radius 2 is 2.00 bits per heavy atom. The molecule has 0 fully saturated rings. The molecule has 0 atom stereocenters. The van der Waals surface area contributed by atoms with Crippen molar-refractivity contribution in [2.24, 2.45) is 4.99 Å². The lowest BCUT2D eigenvalue weighted by atomic mass is 10.1. The molecule has 2 nitrogen and oxygen atoms in total. The van der Waals surface area contributed by atoms with E-state index >= 15 is 0 Å². The van der Waals surface area contributed by atoms with Crippen molar-refractivity contribution < 1.29 is 0 Å². The molecule has 1 aliphatic heterocycles. The van der Waals surface area contributed by atoms with Gasteiger partial charge in [-0.05, 0) is 17.0 Å². The molecular weight excluding hydrogens is 228 g/mol. The van der Waals surface area contributed by atoms with Gasteiger partial charge in [0.15, 0.2) is 0 Å². The van der Waals surface area contributed by atoms with Crippen LogP contribution < -0.4 is 5.32 Å². The van der Waals surface area contributed by atoms with Crippen molar-refractivity contribution in [3.05, 3.63) is 64.1 Å². The van der Waals surface area contributed by atoms with Crippen molar-refractivity contribution in [1.82, 2.24) is 0 Å². The number of nitrogens with zero attached hydrogens (tertiary/aromatic N) is 1. The van der Waals surface area contributed by atoms with Crippen LogP contribution in [0.3, 0.4) is 0 Å². The molecule has 0 bridgehead atoms. The Morgan fingerprint density at radius 3 is 2.88 bits per heavy atom. The van der Waals surface area contributed by atoms with E-state index in [-0.39, 0.29) is 0 Å². The van der Waals surface area contributed by atoms with E-state index in [0.29, 0.717) is 0 Å². The van der Waals surface area contributed by atoms with E-state index < -0.39 is 0 Å². The third kappa shape index (κ3) is 2.29. The lowest BCUT2D eigenvalue weighted by molar-refractivity contribution is 1.11. The van der Waals surface area contributed by atoms with Gasteiger partial charge in [-0.25, -0.2) is 0 Å². The van der Waals surface area contributed by atoms with Gasteiger partial charge in [0.2, 0.25) is 0 Å². The van der Waals surface area contributed by atoms with E-state index in [9.17, 15) is 0 Å². The van der Waals surface area contributed by atoms with Crippen molar-refractivity contribution in [3.63, 3.8) is 0 Å². The largest absolute Gasteiger partial charge is 0.359 e. The highest BCUT2D eigenvalue weighted by Crippen LogP contribution is 2.23. The predicted molar refractivity (Wildman–Crippen MR) is 73.8 cm³/mol. The van der Waals surface area contributed by atoms with Crippen LogP contribution >= 0.6 is 11.3 Å². The van der Waals surface area contributed by atoms with Gasteiger partial charge in [-0.2, -0.15) is 0 Å². The number of anilines is 1. The zero-order chi connectivity index (χ0) is 11.5. The standard InChI is InChI=1S/C14H12N2S/c1-2-4-11(5-3-1)8-12-9-16-13-6-7-17-14(13)10-15-12/h1-7,9-10,16H,8H2. The Balaban J connectivity index is 1.81. The minimum atomic E-state index is 0.860. The van der Waals surface area contributed by atoms with Gasteiger partial charge in [-0.1, -0.05) is 30.3 Å². The van der Waals surface area contributed by atoms with Crippen LogP contribution in [0.15, 0.2) is 58.7 Å². The first-order valence-corrected chi connectivity index (χ1v) is 6.41. The molecule has 0 saturated heterocycles. The molecule has 3 heteroatoms. The zero-order valence-electron chi connectivity index (χ0n) is 9.26. The molecule has 1 aromatic carbocycles. The van der Waals surface area contributed by atoms with Gasteiger partial charge >= 0.3 is 0 Å². The number of nitrogens with one attached hydrogen (secondary N) is 1. The Kier molecular flexibility index (Phi) is 2.76. The van der Waals surface area contributed by atoms with Gasteiger partial charge in [-0.15, -0.1) is 11.3 Å². The van der Waals surface area contributed by atoms with Crippen LogP contribution in [-0.4, -0.2) is 6.21 Å². The molecule has 1 aliphatic rings. The van der Waals surface area contributed by atoms with Crippen molar-refractivity contribution in [2.75, 3.05) is 5.32 Å². The third-order valence-electron chi connectivity index (χ3n) is 2.67. The van der Waals surface area contributed by atoms with Gasteiger partial charge < -0.3 is 5.32 Å². The first-order valence-electron chi connectivity index (χ1n) is 5.53. The summed E-state index contributed by atoms with van der Waals surface area (Å²) in [5, 5.41) is 5.37. The summed E-state index contributed by atoms with van der Waals surface area (Å²) in [6, 6.07) is 12.5. The molecule has 1 aromatic heterocycles. The fourth-order valence-corrected chi connectivity index (χ4v) is 2.50. The van der Waals surface area contributed by atoms with E-state index in [2.05, 4.69) is 46.0 Å². The maximum absolute atomic E-state index is 4.52.